The van der Waals surface area contributed by atoms with Crippen molar-refractivity contribution in [2.75, 3.05) is 7.05 Å². The van der Waals surface area contributed by atoms with Crippen molar-refractivity contribution in [1.82, 2.24) is 0 Å². The molecule has 0 heterocycles. The molecule has 0 aliphatic heterocycles. The van der Waals surface area contributed by atoms with Crippen molar-refractivity contribution in [2.45, 2.75) is 52.6 Å². The van der Waals surface area contributed by atoms with Crippen molar-refractivity contribution in [1.29, 1.82) is 0 Å². The van der Waals surface area contributed by atoms with E-state index in [2.05, 4.69) is 25.4 Å². The fourth-order valence-corrected chi connectivity index (χ4v) is 4.19. The number of hydrogen-bond donors (Lipinski definition) is 1. The maximum absolute atomic E-state index is 10.5. The van der Waals surface area contributed by atoms with E-state index in [0.717, 1.165) is 17.7 Å². The van der Waals surface area contributed by atoms with Gasteiger partial charge in [0, 0.05) is 24.6 Å². The molecule has 0 aromatic heterocycles. The lowest BCUT2D eigenvalue weighted by Crippen LogP contribution is -2.53. The summed E-state index contributed by atoms with van der Waals surface area (Å²) in [4.78, 5) is 4.45. The average molecular weight is 249 g/mol. The van der Waals surface area contributed by atoms with Gasteiger partial charge in [-0.05, 0) is 31.1 Å². The van der Waals surface area contributed by atoms with Crippen LogP contribution in [0.3, 0.4) is 0 Å². The Hall–Kier alpha value is -0.630. The van der Waals surface area contributed by atoms with Gasteiger partial charge < -0.3 is 5.11 Å². The van der Waals surface area contributed by atoms with Crippen molar-refractivity contribution < 1.29 is 5.11 Å². The summed E-state index contributed by atoms with van der Waals surface area (Å²) in [6.07, 6.45) is 4.42. The third-order valence-electron chi connectivity index (χ3n) is 5.64. The van der Waals surface area contributed by atoms with E-state index in [-0.39, 0.29) is 11.3 Å². The van der Waals surface area contributed by atoms with Crippen LogP contribution in [-0.4, -0.2) is 24.0 Å². The fourth-order valence-electron chi connectivity index (χ4n) is 4.19. The minimum Gasteiger partial charge on any atom is -0.387 e. The summed E-state index contributed by atoms with van der Waals surface area (Å²) in [5.41, 5.74) is 2.42. The first-order chi connectivity index (χ1) is 8.41. The number of aliphatic hydroxyl groups is 1. The van der Waals surface area contributed by atoms with E-state index in [1.165, 1.54) is 19.3 Å². The standard InChI is InChI=1S/C16H27NO/c1-10(2)12-9-16(4)11(3)7-6-8-13(16)14(17-5)15(12)18/h11-13,15,18H,1,6-9H2,2-5H3. The van der Waals surface area contributed by atoms with Gasteiger partial charge in [0.25, 0.3) is 0 Å². The third-order valence-corrected chi connectivity index (χ3v) is 5.64. The van der Waals surface area contributed by atoms with E-state index < -0.39 is 6.10 Å². The van der Waals surface area contributed by atoms with Crippen LogP contribution in [-0.2, 0) is 0 Å². The number of rotatable bonds is 1. The van der Waals surface area contributed by atoms with Crippen molar-refractivity contribution in [3.63, 3.8) is 0 Å². The van der Waals surface area contributed by atoms with Crippen LogP contribution in [0.4, 0.5) is 0 Å². The molecule has 2 fully saturated rings. The highest BCUT2D eigenvalue weighted by Crippen LogP contribution is 2.54. The lowest BCUT2D eigenvalue weighted by molar-refractivity contribution is 0.0124. The van der Waals surface area contributed by atoms with E-state index in [1.807, 2.05) is 14.0 Å². The number of aliphatic hydroxyl groups excluding tert-OH is 1. The summed E-state index contributed by atoms with van der Waals surface area (Å²) in [5.74, 6) is 1.37. The van der Waals surface area contributed by atoms with Gasteiger partial charge in [0.05, 0.1) is 6.10 Å². The topological polar surface area (TPSA) is 32.6 Å². The molecule has 0 aromatic rings. The molecule has 1 N–H and O–H groups in total. The predicted octanol–water partition coefficient (Wildman–Crippen LogP) is 3.46. The largest absolute Gasteiger partial charge is 0.387 e. The molecule has 2 aliphatic rings. The molecule has 5 unspecified atom stereocenters. The predicted molar refractivity (Wildman–Crippen MR) is 76.9 cm³/mol. The maximum Gasteiger partial charge on any atom is 0.0984 e. The number of hydrogen-bond acceptors (Lipinski definition) is 2. The minimum absolute atomic E-state index is 0.186. The van der Waals surface area contributed by atoms with Crippen LogP contribution in [0.1, 0.15) is 46.5 Å². The summed E-state index contributed by atoms with van der Waals surface area (Å²) in [5, 5.41) is 10.5. The number of fused-ring (bicyclic) bond motifs is 1. The average Bonchev–Trinajstić information content (AvgIpc) is 2.31. The second-order valence-electron chi connectivity index (χ2n) is 6.64. The highest BCUT2D eigenvalue weighted by Gasteiger charge is 2.51. The maximum atomic E-state index is 10.5. The zero-order chi connectivity index (χ0) is 13.5. The Morgan fingerprint density at radius 1 is 1.44 bits per heavy atom. The normalized spacial score (nSPS) is 46.8. The van der Waals surface area contributed by atoms with E-state index in [1.54, 1.807) is 0 Å². The molecular formula is C16H27NO. The molecule has 2 nitrogen and oxygen atoms in total. The van der Waals surface area contributed by atoms with Crippen molar-refractivity contribution in [3.8, 4) is 0 Å². The van der Waals surface area contributed by atoms with Crippen molar-refractivity contribution in [3.05, 3.63) is 12.2 Å². The molecule has 0 amide bonds. The summed E-state index contributed by atoms with van der Waals surface area (Å²) in [6.45, 7) is 10.9. The number of aliphatic imine (C=N–C) groups is 1. The Bertz CT molecular complexity index is 373. The van der Waals surface area contributed by atoms with Gasteiger partial charge >= 0.3 is 0 Å². The van der Waals surface area contributed by atoms with E-state index in [0.29, 0.717) is 11.8 Å². The molecule has 2 aliphatic carbocycles. The quantitative estimate of drug-likeness (QED) is 0.709. The molecule has 0 spiro atoms. The first-order valence-corrected chi connectivity index (χ1v) is 7.21. The van der Waals surface area contributed by atoms with Gasteiger partial charge in [0.15, 0.2) is 0 Å². The van der Waals surface area contributed by atoms with Crippen LogP contribution in [0.5, 0.6) is 0 Å². The van der Waals surface area contributed by atoms with Crippen LogP contribution in [0.25, 0.3) is 0 Å². The molecule has 0 bridgehead atoms. The summed E-state index contributed by atoms with van der Waals surface area (Å²) in [6, 6.07) is 0. The Balaban J connectivity index is 2.40. The Kier molecular flexibility index (Phi) is 3.68. The van der Waals surface area contributed by atoms with Gasteiger partial charge in [-0.25, -0.2) is 0 Å². The van der Waals surface area contributed by atoms with Gasteiger partial charge in [-0.2, -0.15) is 0 Å². The lowest BCUT2D eigenvalue weighted by atomic mass is 9.52. The van der Waals surface area contributed by atoms with Gasteiger partial charge in [0.2, 0.25) is 0 Å². The highest BCUT2D eigenvalue weighted by molar-refractivity contribution is 5.92. The summed E-state index contributed by atoms with van der Waals surface area (Å²) < 4.78 is 0. The monoisotopic (exact) mass is 249 g/mol. The van der Waals surface area contributed by atoms with Crippen LogP contribution in [0, 0.1) is 23.2 Å². The van der Waals surface area contributed by atoms with E-state index >= 15 is 0 Å². The summed E-state index contributed by atoms with van der Waals surface area (Å²) in [7, 11) is 1.83. The van der Waals surface area contributed by atoms with Gasteiger partial charge in [0.1, 0.15) is 0 Å². The zero-order valence-electron chi connectivity index (χ0n) is 12.2. The van der Waals surface area contributed by atoms with E-state index in [4.69, 9.17) is 0 Å². The zero-order valence-corrected chi connectivity index (χ0v) is 12.2. The second kappa shape index (κ2) is 4.80. The first kappa shape index (κ1) is 13.8. The lowest BCUT2D eigenvalue weighted by Gasteiger charge is -2.54. The van der Waals surface area contributed by atoms with Gasteiger partial charge in [-0.15, -0.1) is 0 Å². The molecule has 2 heteroatoms. The Labute approximate surface area is 111 Å². The van der Waals surface area contributed by atoms with Gasteiger partial charge in [-0.1, -0.05) is 38.8 Å². The van der Waals surface area contributed by atoms with Crippen LogP contribution in [0.15, 0.2) is 17.1 Å². The summed E-state index contributed by atoms with van der Waals surface area (Å²) >= 11 is 0. The number of nitrogens with zero attached hydrogens (tertiary/aromatic N) is 1. The van der Waals surface area contributed by atoms with Crippen LogP contribution in [0.2, 0.25) is 0 Å². The van der Waals surface area contributed by atoms with Crippen molar-refractivity contribution >= 4 is 5.71 Å². The molecule has 18 heavy (non-hydrogen) atoms. The molecule has 2 rings (SSSR count). The van der Waals surface area contributed by atoms with Gasteiger partial charge in [-0.3, -0.25) is 4.99 Å². The van der Waals surface area contributed by atoms with Crippen LogP contribution >= 0.6 is 0 Å². The second-order valence-corrected chi connectivity index (χ2v) is 6.64. The molecule has 102 valence electrons. The van der Waals surface area contributed by atoms with Crippen molar-refractivity contribution in [2.24, 2.45) is 28.2 Å². The van der Waals surface area contributed by atoms with E-state index in [9.17, 15) is 5.11 Å². The smallest absolute Gasteiger partial charge is 0.0984 e. The molecule has 0 saturated heterocycles. The fraction of sp³-hybridized carbons (Fsp3) is 0.812. The minimum atomic E-state index is -0.407. The van der Waals surface area contributed by atoms with Crippen LogP contribution < -0.4 is 0 Å². The molecule has 2 saturated carbocycles. The Morgan fingerprint density at radius 2 is 2.11 bits per heavy atom. The molecule has 0 radical (unpaired) electrons. The SMILES string of the molecule is C=C(C)C1CC2(C)C(C)CCCC2C(=NC)C1O. The Morgan fingerprint density at radius 3 is 2.67 bits per heavy atom. The first-order valence-electron chi connectivity index (χ1n) is 7.21. The highest BCUT2D eigenvalue weighted by atomic mass is 16.3. The molecule has 5 atom stereocenters. The molecule has 0 aromatic carbocycles. The molecular weight excluding hydrogens is 222 g/mol. The third kappa shape index (κ3) is 1.95.